The van der Waals surface area contributed by atoms with Gasteiger partial charge < -0.3 is 48.2 Å². The second-order valence-electron chi connectivity index (χ2n) is 16.4. The van der Waals surface area contributed by atoms with Crippen molar-refractivity contribution in [2.45, 2.75) is 29.4 Å². The number of carbonyl (C=O) groups is 1. The quantitative estimate of drug-likeness (QED) is 0.0396. The van der Waals surface area contributed by atoms with E-state index in [4.69, 9.17) is 0 Å². The summed E-state index contributed by atoms with van der Waals surface area (Å²) in [5, 5.41) is 55.4. The fourth-order valence-electron chi connectivity index (χ4n) is 7.24. The van der Waals surface area contributed by atoms with Crippen molar-refractivity contribution in [3.05, 3.63) is 133 Å². The van der Waals surface area contributed by atoms with Crippen LogP contribution in [0, 0.1) is 0 Å². The molecule has 0 aliphatic carbocycles. The number of urea groups is 1. The summed E-state index contributed by atoms with van der Waals surface area (Å²) in [7, 11) is -31.6. The zero-order valence-corrected chi connectivity index (χ0v) is 62.8. The molecule has 0 radical (unpaired) electrons. The molecule has 0 saturated heterocycles. The smallest absolute Gasteiger partial charge is 0.744 e. The topological polar surface area (TPSA) is 524 Å². The molecule has 4 N–H and O–H groups in total. The van der Waals surface area contributed by atoms with Gasteiger partial charge in [0.2, 0.25) is 0 Å². The van der Waals surface area contributed by atoms with Crippen molar-refractivity contribution in [2.75, 3.05) is 10.6 Å². The molecule has 0 bridgehead atoms. The number of hydrogen-bond acceptors (Lipinski definition) is 29. The number of aromatic hydroxyl groups is 2. The van der Waals surface area contributed by atoms with Crippen molar-refractivity contribution in [3.8, 4) is 11.5 Å². The largest absolute Gasteiger partial charge is 1.00 e. The van der Waals surface area contributed by atoms with Crippen LogP contribution < -0.4 is 188 Å². The van der Waals surface area contributed by atoms with Crippen molar-refractivity contribution in [1.82, 2.24) is 0 Å². The fraction of sp³-hybridized carbons (Fsp3) is 0. The van der Waals surface area contributed by atoms with Crippen LogP contribution in [0.3, 0.4) is 0 Å². The zero-order chi connectivity index (χ0) is 59.9. The van der Waals surface area contributed by atoms with Gasteiger partial charge in [-0.1, -0.05) is 0 Å². The normalized spacial score (nSPS) is 12.2. The van der Waals surface area contributed by atoms with Crippen molar-refractivity contribution in [1.29, 1.82) is 0 Å². The molecule has 0 spiro atoms. The Kier molecular flexibility index (Phi) is 29.7. The first-order chi connectivity index (χ1) is 38.1. The second-order valence-corrected chi connectivity index (χ2v) is 24.6. The predicted molar refractivity (Wildman–Crippen MR) is 274 cm³/mol. The number of phenolic OH excluding ortho intramolecular Hbond substituents is 2. The average molecular weight is 1370 g/mol. The van der Waals surface area contributed by atoms with E-state index < -0.39 is 136 Å². The molecule has 0 atom stereocenters. The summed E-state index contributed by atoms with van der Waals surface area (Å²) in [6.07, 6.45) is 0. The minimum atomic E-state index is -5.58. The van der Waals surface area contributed by atoms with Crippen LogP contribution in [-0.2, 0) is 60.7 Å². The van der Waals surface area contributed by atoms with Crippen LogP contribution in [0.4, 0.5) is 61.7 Å². The Balaban J connectivity index is 0.00000440. The number of anilines is 2. The third-order valence-electron chi connectivity index (χ3n) is 10.9. The van der Waals surface area contributed by atoms with E-state index in [0.717, 1.165) is 103 Å². The Morgan fingerprint density at radius 3 is 1.11 bits per heavy atom. The number of nitrogens with one attached hydrogen (secondary N) is 2. The van der Waals surface area contributed by atoms with Crippen molar-refractivity contribution in [2.24, 2.45) is 40.9 Å². The minimum Gasteiger partial charge on any atom is -0.744 e. The van der Waals surface area contributed by atoms with Crippen molar-refractivity contribution < 1.29 is 270 Å². The number of carbonyl (C=O) groups excluding carboxylic acids is 1. The molecule has 43 heteroatoms. The number of fused-ring (bicyclic) bond motifs is 2. The van der Waals surface area contributed by atoms with Crippen LogP contribution in [0.5, 0.6) is 11.5 Å². The monoisotopic (exact) mass is 1370 g/mol. The Hall–Kier alpha value is -2.99. The maximum Gasteiger partial charge on any atom is 1.00 e. The Bertz CT molecular complexity index is 4870. The maximum atomic E-state index is 13.4. The Morgan fingerprint density at radius 1 is 0.341 bits per heavy atom. The van der Waals surface area contributed by atoms with E-state index >= 15 is 0 Å². The molecule has 0 unspecified atom stereocenters. The molecule has 2 amide bonds. The zero-order valence-electron chi connectivity index (χ0n) is 45.9. The van der Waals surface area contributed by atoms with Crippen LogP contribution in [0.1, 0.15) is 0 Å². The van der Waals surface area contributed by atoms with Gasteiger partial charge in [-0.2, -0.15) is 20.5 Å². The molecular formula is C45H26N10Na6O21S6. The van der Waals surface area contributed by atoms with Crippen LogP contribution >= 0.6 is 0 Å². The molecule has 424 valence electrons. The molecule has 31 nitrogen and oxygen atoms in total. The number of rotatable bonds is 16. The summed E-state index contributed by atoms with van der Waals surface area (Å²) in [6.45, 7) is 0. The number of hydrogen-bond donors (Lipinski definition) is 4. The first-order valence-corrected chi connectivity index (χ1v) is 30.2. The molecule has 0 saturated carbocycles. The van der Waals surface area contributed by atoms with Crippen LogP contribution in [-0.4, -0.2) is 94.1 Å². The van der Waals surface area contributed by atoms with Crippen molar-refractivity contribution >= 4 is 145 Å². The number of benzene rings is 8. The Labute approximate surface area is 631 Å². The minimum absolute atomic E-state index is 0. The number of nitrogens with zero attached hydrogens (tertiary/aromatic N) is 8. The van der Waals surface area contributed by atoms with Gasteiger partial charge in [0.05, 0.1) is 52.1 Å². The molecule has 0 aromatic heterocycles. The van der Waals surface area contributed by atoms with Gasteiger partial charge >= 0.3 is 183 Å². The summed E-state index contributed by atoms with van der Waals surface area (Å²) < 4.78 is 216. The molecule has 0 aliphatic rings. The van der Waals surface area contributed by atoms with Crippen LogP contribution in [0.25, 0.3) is 21.5 Å². The van der Waals surface area contributed by atoms with E-state index in [1.807, 2.05) is 0 Å². The summed E-state index contributed by atoms with van der Waals surface area (Å²) in [4.78, 5) is 7.63. The van der Waals surface area contributed by atoms with Gasteiger partial charge in [0.25, 0.3) is 0 Å². The summed E-state index contributed by atoms with van der Waals surface area (Å²) in [6, 6.07) is 20.2. The molecule has 8 aromatic carbocycles. The van der Waals surface area contributed by atoms with E-state index in [0.29, 0.717) is 24.3 Å². The van der Waals surface area contributed by atoms with E-state index in [1.165, 1.54) is 6.07 Å². The second kappa shape index (κ2) is 32.2. The molecule has 0 heterocycles. The standard InChI is InChI=1S/C45H32N10O21S6.6Na/c56-37-22-41(82(74,75)76)42(54-52-35-15-7-28(20-38(35)79(65,66)67)50-48-24-1-9-30(10-2-24)77(59,60)61)34-19-27(6-14-33(34)37)47-45(58)46-26-5-13-32-23(17-26)18-40(81(71,72)73)43(44(32)57)55-53-36-16-8-29(21-39(36)80(68,69)70)51-49-25-3-11-31(12-4-25)78(62,63)64;;;;;;/h1-22,56-57H,(H2,46,47,58)(H,59,60,61)(H,62,63,64)(H,65,66,67)(H,68,69,70)(H,71,72,73)(H,74,75,76);;;;;;/q;6*+1/p-6. The molecule has 8 aromatic rings. The van der Waals surface area contributed by atoms with Gasteiger partial charge in [0.1, 0.15) is 89.2 Å². The number of azo groups is 4. The van der Waals surface area contributed by atoms with Crippen molar-refractivity contribution in [3.63, 3.8) is 0 Å². The molecule has 0 fully saturated rings. The van der Waals surface area contributed by atoms with Gasteiger partial charge in [0, 0.05) is 33.6 Å². The predicted octanol–water partition coefficient (Wildman–Crippen LogP) is -9.84. The summed E-state index contributed by atoms with van der Waals surface area (Å²) >= 11 is 0. The molecular weight excluding hydrogens is 1350 g/mol. The number of phenols is 2. The van der Waals surface area contributed by atoms with Gasteiger partial charge in [-0.15, -0.1) is 20.5 Å². The van der Waals surface area contributed by atoms with E-state index in [1.54, 1.807) is 0 Å². The molecule has 88 heavy (non-hydrogen) atoms. The van der Waals surface area contributed by atoms with Gasteiger partial charge in [-0.3, -0.25) is 0 Å². The average Bonchev–Trinajstić information content (AvgIpc) is 1.28. The van der Waals surface area contributed by atoms with Gasteiger partial charge in [-0.05, 0) is 133 Å². The van der Waals surface area contributed by atoms with E-state index in [2.05, 4.69) is 51.5 Å². The maximum absolute atomic E-state index is 13.4. The third kappa shape index (κ3) is 20.5. The summed E-state index contributed by atoms with van der Waals surface area (Å²) in [5.41, 5.74) is -4.25. The van der Waals surface area contributed by atoms with Gasteiger partial charge in [-0.25, -0.2) is 55.3 Å². The third-order valence-corrected chi connectivity index (χ3v) is 16.0. The van der Waals surface area contributed by atoms with E-state index in [-0.39, 0.29) is 228 Å². The van der Waals surface area contributed by atoms with E-state index in [9.17, 15) is 92.8 Å². The van der Waals surface area contributed by atoms with Gasteiger partial charge in [0.15, 0.2) is 5.75 Å². The number of amides is 2. The summed E-state index contributed by atoms with van der Waals surface area (Å²) in [5.74, 6) is -1.81. The first-order valence-electron chi connectivity index (χ1n) is 21.7. The molecule has 0 aliphatic heterocycles. The SMILES string of the molecule is O=C(Nc1ccc2c(O)c(N=Nc3ccc(N=Nc4ccc(S(=O)(=O)[O-])cc4)cc3S(=O)(=O)[O-])c(S(=O)(=O)[O-])cc2c1)Nc1ccc2c(O)cc(S(=O)(=O)[O-])c(N=Nc3ccc(N=Nc4ccc(S(=O)(=O)[O-])cc4)cc3S(=O)(=O)[O-])c2c1.[Na+].[Na+].[Na+].[Na+].[Na+].[Na+]. The fourth-order valence-corrected chi connectivity index (χ4v) is 10.7. The Morgan fingerprint density at radius 2 is 0.705 bits per heavy atom. The van der Waals surface area contributed by atoms with Crippen LogP contribution in [0.15, 0.2) is 204 Å². The van der Waals surface area contributed by atoms with Crippen LogP contribution in [0.2, 0.25) is 0 Å². The first kappa shape index (κ1) is 81.1. The molecule has 8 rings (SSSR count).